The van der Waals surface area contributed by atoms with Crippen LogP contribution in [-0.2, 0) is 12.5 Å². The van der Waals surface area contributed by atoms with Crippen LogP contribution in [0.15, 0.2) is 30.6 Å². The highest BCUT2D eigenvalue weighted by Crippen LogP contribution is 2.49. The number of halogens is 1. The lowest BCUT2D eigenvalue weighted by Gasteiger charge is -2.17. The van der Waals surface area contributed by atoms with Crippen molar-refractivity contribution in [3.63, 3.8) is 0 Å². The molecule has 7 heteroatoms. The number of benzene rings is 1. The summed E-state index contributed by atoms with van der Waals surface area (Å²) in [6, 6.07) is 6.97. The molecule has 4 rings (SSSR count). The number of nitrogens with zero attached hydrogens (tertiary/aromatic N) is 5. The maximum absolute atomic E-state index is 14.0. The molecule has 1 aliphatic rings. The van der Waals surface area contributed by atoms with Gasteiger partial charge in [0.25, 0.3) is 0 Å². The summed E-state index contributed by atoms with van der Waals surface area (Å²) in [6.45, 7) is 0.622. The third-order valence-electron chi connectivity index (χ3n) is 4.28. The molecule has 2 aromatic heterocycles. The van der Waals surface area contributed by atoms with E-state index in [0.717, 1.165) is 18.4 Å². The molecule has 1 aromatic carbocycles. The Hall–Kier alpha value is -2.57. The quantitative estimate of drug-likeness (QED) is 0.798. The largest absolute Gasteiger partial charge is 0.367 e. The Labute approximate surface area is 126 Å². The first kappa shape index (κ1) is 13.1. The summed E-state index contributed by atoms with van der Waals surface area (Å²) >= 11 is 0. The second kappa shape index (κ2) is 4.72. The summed E-state index contributed by atoms with van der Waals surface area (Å²) in [5, 5.41) is 11.3. The molecule has 1 N–H and O–H groups in total. The van der Waals surface area contributed by atoms with Gasteiger partial charge in [0.2, 0.25) is 0 Å². The molecule has 0 saturated heterocycles. The summed E-state index contributed by atoms with van der Waals surface area (Å²) in [7, 11) is 1.79. The lowest BCUT2D eigenvalue weighted by Crippen LogP contribution is -2.21. The van der Waals surface area contributed by atoms with Gasteiger partial charge in [-0.1, -0.05) is 23.4 Å². The molecule has 112 valence electrons. The first-order valence-electron chi connectivity index (χ1n) is 7.19. The fourth-order valence-corrected chi connectivity index (χ4v) is 2.82. The molecule has 1 saturated carbocycles. The number of aromatic nitrogens is 5. The van der Waals surface area contributed by atoms with Crippen molar-refractivity contribution in [2.45, 2.75) is 18.3 Å². The van der Waals surface area contributed by atoms with Crippen LogP contribution in [-0.4, -0.2) is 31.5 Å². The van der Waals surface area contributed by atoms with Crippen molar-refractivity contribution in [3.05, 3.63) is 42.0 Å². The predicted octanol–water partition coefficient (Wildman–Crippen LogP) is 2.04. The smallest absolute Gasteiger partial charge is 0.183 e. The van der Waals surface area contributed by atoms with Gasteiger partial charge in [0, 0.05) is 19.0 Å². The van der Waals surface area contributed by atoms with E-state index in [2.05, 4.69) is 25.6 Å². The third-order valence-corrected chi connectivity index (χ3v) is 4.28. The van der Waals surface area contributed by atoms with Crippen molar-refractivity contribution in [2.24, 2.45) is 7.05 Å². The highest BCUT2D eigenvalue weighted by atomic mass is 19.1. The Morgan fingerprint density at radius 3 is 2.86 bits per heavy atom. The van der Waals surface area contributed by atoms with Crippen LogP contribution in [0.2, 0.25) is 0 Å². The molecule has 0 spiro atoms. The zero-order valence-electron chi connectivity index (χ0n) is 12.1. The van der Waals surface area contributed by atoms with E-state index in [0.29, 0.717) is 23.5 Å². The van der Waals surface area contributed by atoms with Gasteiger partial charge in [0.15, 0.2) is 17.0 Å². The molecule has 0 bridgehead atoms. The standard InChI is InChI=1S/C15H15FN6/c1-22-14-12(20-21-22)13(18-9-19-14)17-8-15(6-7-15)10-4-2-3-5-11(10)16/h2-5,9H,6-8H2,1H3,(H,17,18,19). The zero-order valence-corrected chi connectivity index (χ0v) is 12.1. The summed E-state index contributed by atoms with van der Waals surface area (Å²) < 4.78 is 15.6. The summed E-state index contributed by atoms with van der Waals surface area (Å²) in [5.41, 5.74) is 1.93. The van der Waals surface area contributed by atoms with Crippen LogP contribution in [0.1, 0.15) is 18.4 Å². The van der Waals surface area contributed by atoms with Crippen molar-refractivity contribution in [1.29, 1.82) is 0 Å². The maximum Gasteiger partial charge on any atom is 0.183 e. The van der Waals surface area contributed by atoms with Gasteiger partial charge in [0.05, 0.1) is 0 Å². The maximum atomic E-state index is 14.0. The first-order valence-corrected chi connectivity index (χ1v) is 7.19. The second-order valence-electron chi connectivity index (χ2n) is 5.72. The van der Waals surface area contributed by atoms with E-state index < -0.39 is 0 Å². The minimum Gasteiger partial charge on any atom is -0.367 e. The molecule has 0 aliphatic heterocycles. The average molecular weight is 298 g/mol. The topological polar surface area (TPSA) is 68.5 Å². The second-order valence-corrected chi connectivity index (χ2v) is 5.72. The summed E-state index contributed by atoms with van der Waals surface area (Å²) in [6.07, 6.45) is 3.42. The highest BCUT2D eigenvalue weighted by molar-refractivity contribution is 5.81. The van der Waals surface area contributed by atoms with Gasteiger partial charge in [-0.05, 0) is 24.5 Å². The van der Waals surface area contributed by atoms with Crippen LogP contribution in [0, 0.1) is 5.82 Å². The molecule has 22 heavy (non-hydrogen) atoms. The van der Waals surface area contributed by atoms with Crippen LogP contribution < -0.4 is 5.32 Å². The monoisotopic (exact) mass is 298 g/mol. The van der Waals surface area contributed by atoms with E-state index in [1.165, 1.54) is 12.4 Å². The summed E-state index contributed by atoms with van der Waals surface area (Å²) in [5.74, 6) is 0.495. The molecule has 1 fully saturated rings. The fraction of sp³-hybridized carbons (Fsp3) is 0.333. The first-order chi connectivity index (χ1) is 10.7. The average Bonchev–Trinajstić information content (AvgIpc) is 3.23. The predicted molar refractivity (Wildman–Crippen MR) is 79.9 cm³/mol. The molecule has 0 atom stereocenters. The third kappa shape index (κ3) is 2.01. The highest BCUT2D eigenvalue weighted by Gasteiger charge is 2.45. The van der Waals surface area contributed by atoms with Crippen LogP contribution >= 0.6 is 0 Å². The Bertz CT molecular complexity index is 839. The van der Waals surface area contributed by atoms with E-state index >= 15 is 0 Å². The van der Waals surface area contributed by atoms with Gasteiger partial charge in [-0.15, -0.1) is 5.10 Å². The van der Waals surface area contributed by atoms with Gasteiger partial charge in [0.1, 0.15) is 12.1 Å². The van der Waals surface area contributed by atoms with Crippen molar-refractivity contribution in [3.8, 4) is 0 Å². The van der Waals surface area contributed by atoms with E-state index in [1.807, 2.05) is 12.1 Å². The van der Waals surface area contributed by atoms with Crippen LogP contribution in [0.3, 0.4) is 0 Å². The lowest BCUT2D eigenvalue weighted by molar-refractivity contribution is 0.578. The van der Waals surface area contributed by atoms with Gasteiger partial charge in [-0.2, -0.15) is 0 Å². The Morgan fingerprint density at radius 1 is 1.27 bits per heavy atom. The number of hydrogen-bond acceptors (Lipinski definition) is 5. The number of hydrogen-bond donors (Lipinski definition) is 1. The molecule has 0 unspecified atom stereocenters. The van der Waals surface area contributed by atoms with Gasteiger partial charge in [-0.3, -0.25) is 0 Å². The SMILES string of the molecule is Cn1nnc2c(NCC3(c4ccccc4F)CC3)ncnc21. The van der Waals surface area contributed by atoms with Crippen LogP contribution in [0.5, 0.6) is 0 Å². The Balaban J connectivity index is 1.61. The zero-order chi connectivity index (χ0) is 15.2. The molecule has 2 heterocycles. The Morgan fingerprint density at radius 2 is 2.09 bits per heavy atom. The van der Waals surface area contributed by atoms with Gasteiger partial charge in [-0.25, -0.2) is 19.0 Å². The molecule has 0 amide bonds. The summed E-state index contributed by atoms with van der Waals surface area (Å²) in [4.78, 5) is 8.40. The van der Waals surface area contributed by atoms with Crippen LogP contribution in [0.25, 0.3) is 11.2 Å². The van der Waals surface area contributed by atoms with E-state index in [-0.39, 0.29) is 11.2 Å². The minimum absolute atomic E-state index is 0.144. The normalized spacial score (nSPS) is 15.9. The number of fused-ring (bicyclic) bond motifs is 1. The minimum atomic E-state index is -0.148. The number of nitrogens with one attached hydrogen (secondary N) is 1. The van der Waals surface area contributed by atoms with E-state index in [1.54, 1.807) is 17.8 Å². The van der Waals surface area contributed by atoms with Crippen molar-refractivity contribution in [2.75, 3.05) is 11.9 Å². The molecule has 3 aromatic rings. The number of rotatable bonds is 4. The van der Waals surface area contributed by atoms with Crippen LogP contribution in [0.4, 0.5) is 10.2 Å². The molecular formula is C15H15FN6. The number of aryl methyl sites for hydroxylation is 1. The van der Waals surface area contributed by atoms with Gasteiger partial charge < -0.3 is 5.32 Å². The van der Waals surface area contributed by atoms with Gasteiger partial charge >= 0.3 is 0 Å². The lowest BCUT2D eigenvalue weighted by atomic mass is 9.95. The van der Waals surface area contributed by atoms with Crippen molar-refractivity contribution >= 4 is 17.0 Å². The number of anilines is 1. The molecule has 1 aliphatic carbocycles. The fourth-order valence-electron chi connectivity index (χ4n) is 2.82. The molecule has 6 nitrogen and oxygen atoms in total. The van der Waals surface area contributed by atoms with E-state index in [4.69, 9.17) is 0 Å². The molecular weight excluding hydrogens is 283 g/mol. The van der Waals surface area contributed by atoms with E-state index in [9.17, 15) is 4.39 Å². The van der Waals surface area contributed by atoms with Crippen molar-refractivity contribution < 1.29 is 4.39 Å². The molecule has 0 radical (unpaired) electrons. The van der Waals surface area contributed by atoms with Crippen molar-refractivity contribution in [1.82, 2.24) is 25.0 Å². The Kier molecular flexibility index (Phi) is 2.82.